The molecule has 0 amide bonds. The molecule has 3 heteroatoms. The maximum atomic E-state index is 9.20. The number of rotatable bonds is 2. The van der Waals surface area contributed by atoms with E-state index in [2.05, 4.69) is 17.9 Å². The molecule has 0 bridgehead atoms. The van der Waals surface area contributed by atoms with Crippen LogP contribution in [0.2, 0.25) is 5.02 Å². The average Bonchev–Trinajstić information content (AvgIpc) is 2.59. The summed E-state index contributed by atoms with van der Waals surface area (Å²) in [6, 6.07) is 8.31. The van der Waals surface area contributed by atoms with Crippen LogP contribution in [0.5, 0.6) is 0 Å². The third-order valence-corrected chi connectivity index (χ3v) is 3.52. The molecule has 82 valence electrons. The van der Waals surface area contributed by atoms with Crippen LogP contribution in [0.15, 0.2) is 24.3 Å². The molecule has 2 atom stereocenters. The molecule has 1 aromatic carbocycles. The molecule has 1 N–H and O–H groups in total. The van der Waals surface area contributed by atoms with E-state index in [4.69, 9.17) is 11.6 Å². The Bertz CT molecular complexity index is 342. The quantitative estimate of drug-likeness (QED) is 0.836. The van der Waals surface area contributed by atoms with Gasteiger partial charge in [0.15, 0.2) is 0 Å². The molecule has 1 fully saturated rings. The molecule has 0 saturated carbocycles. The monoisotopic (exact) mass is 225 g/mol. The Morgan fingerprint density at radius 3 is 2.93 bits per heavy atom. The molecule has 1 aliphatic rings. The molecule has 1 saturated heterocycles. The van der Waals surface area contributed by atoms with Crippen LogP contribution in [0.3, 0.4) is 0 Å². The molecule has 0 aliphatic carbocycles. The minimum Gasteiger partial charge on any atom is -0.396 e. The lowest BCUT2D eigenvalue weighted by Crippen LogP contribution is -2.30. The van der Waals surface area contributed by atoms with Gasteiger partial charge in [-0.05, 0) is 31.5 Å². The molecule has 15 heavy (non-hydrogen) atoms. The van der Waals surface area contributed by atoms with Gasteiger partial charge in [0.25, 0.3) is 0 Å². The second-order valence-electron chi connectivity index (χ2n) is 4.15. The van der Waals surface area contributed by atoms with E-state index >= 15 is 0 Å². The Morgan fingerprint density at radius 2 is 2.33 bits per heavy atom. The number of anilines is 1. The molecule has 0 aromatic heterocycles. The Balaban J connectivity index is 2.18. The van der Waals surface area contributed by atoms with Crippen LogP contribution in [0, 0.1) is 5.92 Å². The zero-order valence-corrected chi connectivity index (χ0v) is 9.61. The summed E-state index contributed by atoms with van der Waals surface area (Å²) in [4.78, 5) is 2.31. The van der Waals surface area contributed by atoms with Gasteiger partial charge in [0.05, 0.1) is 0 Å². The number of aliphatic hydroxyl groups excluding tert-OH is 1. The minimum absolute atomic E-state index is 0.276. The third kappa shape index (κ3) is 2.11. The van der Waals surface area contributed by atoms with E-state index < -0.39 is 0 Å². The predicted octanol–water partition coefficient (Wildman–Crippen LogP) is 2.55. The Kier molecular flexibility index (Phi) is 3.17. The van der Waals surface area contributed by atoms with Crippen LogP contribution in [0.25, 0.3) is 0 Å². The second-order valence-corrected chi connectivity index (χ2v) is 4.58. The topological polar surface area (TPSA) is 23.5 Å². The van der Waals surface area contributed by atoms with Gasteiger partial charge in [0.2, 0.25) is 0 Å². The van der Waals surface area contributed by atoms with Crippen LogP contribution in [0.4, 0.5) is 5.69 Å². The molecule has 2 unspecified atom stereocenters. The highest BCUT2D eigenvalue weighted by Crippen LogP contribution is 2.30. The first-order valence-electron chi connectivity index (χ1n) is 5.35. The van der Waals surface area contributed by atoms with E-state index in [1.165, 1.54) is 0 Å². The predicted molar refractivity (Wildman–Crippen MR) is 63.5 cm³/mol. The van der Waals surface area contributed by atoms with Gasteiger partial charge in [0.1, 0.15) is 0 Å². The maximum absolute atomic E-state index is 9.20. The smallest absolute Gasteiger partial charge is 0.0479 e. The van der Waals surface area contributed by atoms with Crippen molar-refractivity contribution in [1.29, 1.82) is 0 Å². The van der Waals surface area contributed by atoms with Crippen molar-refractivity contribution in [2.45, 2.75) is 19.4 Å². The highest BCUT2D eigenvalue weighted by Gasteiger charge is 2.29. The summed E-state index contributed by atoms with van der Waals surface area (Å²) in [5.74, 6) is 0.393. The molecular weight excluding hydrogens is 210 g/mol. The van der Waals surface area contributed by atoms with Crippen molar-refractivity contribution < 1.29 is 5.11 Å². The number of hydrogen-bond donors (Lipinski definition) is 1. The zero-order valence-electron chi connectivity index (χ0n) is 8.86. The van der Waals surface area contributed by atoms with E-state index in [1.807, 2.05) is 18.2 Å². The van der Waals surface area contributed by atoms with Crippen molar-refractivity contribution in [3.63, 3.8) is 0 Å². The van der Waals surface area contributed by atoms with Crippen molar-refractivity contribution >= 4 is 17.3 Å². The molecule has 0 radical (unpaired) electrons. The highest BCUT2D eigenvalue weighted by molar-refractivity contribution is 6.30. The van der Waals surface area contributed by atoms with Crippen LogP contribution < -0.4 is 4.90 Å². The van der Waals surface area contributed by atoms with Crippen molar-refractivity contribution in [2.24, 2.45) is 5.92 Å². The standard InChI is InChI=1S/C12H16ClNO/c1-9-10(8-15)5-6-14(9)12-4-2-3-11(13)7-12/h2-4,7,9-10,15H,5-6,8H2,1H3. The van der Waals surface area contributed by atoms with Gasteiger partial charge in [0, 0.05) is 35.8 Å². The van der Waals surface area contributed by atoms with Gasteiger partial charge in [-0.15, -0.1) is 0 Å². The summed E-state index contributed by atoms with van der Waals surface area (Å²) in [5.41, 5.74) is 1.16. The number of nitrogens with zero attached hydrogens (tertiary/aromatic N) is 1. The number of benzene rings is 1. The lowest BCUT2D eigenvalue weighted by molar-refractivity contribution is 0.221. The first kappa shape index (κ1) is 10.8. The van der Waals surface area contributed by atoms with Gasteiger partial charge in [-0.2, -0.15) is 0 Å². The zero-order chi connectivity index (χ0) is 10.8. The van der Waals surface area contributed by atoms with Crippen LogP contribution in [-0.2, 0) is 0 Å². The van der Waals surface area contributed by atoms with Crippen molar-refractivity contribution in [2.75, 3.05) is 18.1 Å². The van der Waals surface area contributed by atoms with Gasteiger partial charge >= 0.3 is 0 Å². The summed E-state index contributed by atoms with van der Waals surface area (Å²) < 4.78 is 0. The molecule has 1 aromatic rings. The summed E-state index contributed by atoms with van der Waals surface area (Å²) in [6.45, 7) is 3.44. The summed E-state index contributed by atoms with van der Waals surface area (Å²) in [7, 11) is 0. The van der Waals surface area contributed by atoms with Gasteiger partial charge in [-0.3, -0.25) is 0 Å². The Labute approximate surface area is 95.5 Å². The third-order valence-electron chi connectivity index (χ3n) is 3.29. The molecule has 0 spiro atoms. The molecule has 1 aliphatic heterocycles. The normalized spacial score (nSPS) is 25.9. The summed E-state index contributed by atoms with van der Waals surface area (Å²) >= 11 is 5.97. The Morgan fingerprint density at radius 1 is 1.53 bits per heavy atom. The van der Waals surface area contributed by atoms with E-state index in [0.717, 1.165) is 23.7 Å². The summed E-state index contributed by atoms with van der Waals surface area (Å²) in [5, 5.41) is 9.97. The van der Waals surface area contributed by atoms with Crippen LogP contribution in [-0.4, -0.2) is 24.3 Å². The first-order chi connectivity index (χ1) is 7.22. The fourth-order valence-corrected chi connectivity index (χ4v) is 2.45. The van der Waals surface area contributed by atoms with Gasteiger partial charge < -0.3 is 10.0 Å². The molecule has 1 heterocycles. The van der Waals surface area contributed by atoms with Crippen molar-refractivity contribution in [3.8, 4) is 0 Å². The largest absolute Gasteiger partial charge is 0.396 e. The fraction of sp³-hybridized carbons (Fsp3) is 0.500. The molecule has 2 rings (SSSR count). The van der Waals surface area contributed by atoms with E-state index in [9.17, 15) is 5.11 Å². The lowest BCUT2D eigenvalue weighted by Gasteiger charge is -2.26. The molecular formula is C12H16ClNO. The van der Waals surface area contributed by atoms with E-state index in [0.29, 0.717) is 12.0 Å². The number of hydrogen-bond acceptors (Lipinski definition) is 2. The van der Waals surface area contributed by atoms with Crippen LogP contribution in [0.1, 0.15) is 13.3 Å². The number of aliphatic hydroxyl groups is 1. The highest BCUT2D eigenvalue weighted by atomic mass is 35.5. The fourth-order valence-electron chi connectivity index (χ4n) is 2.27. The van der Waals surface area contributed by atoms with Crippen molar-refractivity contribution in [1.82, 2.24) is 0 Å². The summed E-state index contributed by atoms with van der Waals surface area (Å²) in [6.07, 6.45) is 1.06. The average molecular weight is 226 g/mol. The van der Waals surface area contributed by atoms with E-state index in [-0.39, 0.29) is 6.61 Å². The molecule has 2 nitrogen and oxygen atoms in total. The second kappa shape index (κ2) is 4.42. The van der Waals surface area contributed by atoms with E-state index in [1.54, 1.807) is 0 Å². The van der Waals surface area contributed by atoms with Gasteiger partial charge in [-0.1, -0.05) is 17.7 Å². The van der Waals surface area contributed by atoms with Gasteiger partial charge in [-0.25, -0.2) is 0 Å². The SMILES string of the molecule is CC1C(CO)CCN1c1cccc(Cl)c1. The Hall–Kier alpha value is -0.730. The number of halogens is 1. The lowest BCUT2D eigenvalue weighted by atomic mass is 10.0. The van der Waals surface area contributed by atoms with Crippen LogP contribution >= 0.6 is 11.6 Å². The van der Waals surface area contributed by atoms with Crippen molar-refractivity contribution in [3.05, 3.63) is 29.3 Å². The maximum Gasteiger partial charge on any atom is 0.0479 e. The minimum atomic E-state index is 0.276. The first-order valence-corrected chi connectivity index (χ1v) is 5.73.